The molecule has 1 atom stereocenters. The minimum Gasteiger partial charge on any atom is -0.463 e. The first-order chi connectivity index (χ1) is 7.27. The number of rotatable bonds is 4. The smallest absolute Gasteiger partial charge is 0.330 e. The van der Waals surface area contributed by atoms with Gasteiger partial charge in [0.2, 0.25) is 0 Å². The van der Waals surface area contributed by atoms with E-state index < -0.39 is 0 Å². The monoisotopic (exact) mass is 230 g/mol. The van der Waals surface area contributed by atoms with Crippen LogP contribution in [0.1, 0.15) is 26.7 Å². The van der Waals surface area contributed by atoms with E-state index in [0.717, 1.165) is 30.8 Å². The van der Waals surface area contributed by atoms with Crippen LogP contribution in [0.5, 0.6) is 0 Å². The Morgan fingerprint density at radius 3 is 3.13 bits per heavy atom. The number of esters is 1. The summed E-state index contributed by atoms with van der Waals surface area (Å²) in [7, 11) is 0. The van der Waals surface area contributed by atoms with E-state index in [0.29, 0.717) is 6.61 Å². The predicted octanol–water partition coefficient (Wildman–Crippen LogP) is 2.37. The normalized spacial score (nSPS) is 24.1. The fourth-order valence-corrected chi connectivity index (χ4v) is 2.37. The molecule has 1 fully saturated rings. The average molecular weight is 230 g/mol. The Kier molecular flexibility index (Phi) is 5.79. The van der Waals surface area contributed by atoms with Crippen molar-refractivity contribution in [2.75, 3.05) is 19.0 Å². The molecule has 0 spiro atoms. The highest BCUT2D eigenvalue weighted by Crippen LogP contribution is 2.28. The number of carbonyl (C=O) groups is 1. The van der Waals surface area contributed by atoms with Gasteiger partial charge in [0.25, 0.3) is 0 Å². The second kappa shape index (κ2) is 6.90. The lowest BCUT2D eigenvalue weighted by Crippen LogP contribution is -2.20. The van der Waals surface area contributed by atoms with Gasteiger partial charge in [0.1, 0.15) is 5.44 Å². The zero-order valence-corrected chi connectivity index (χ0v) is 10.1. The average Bonchev–Trinajstić information content (AvgIpc) is 2.21. The quantitative estimate of drug-likeness (QED) is 0.548. The summed E-state index contributed by atoms with van der Waals surface area (Å²) in [6.45, 7) is 5.11. The lowest BCUT2D eigenvalue weighted by atomic mass is 10.1. The molecular weight excluding hydrogens is 212 g/mol. The van der Waals surface area contributed by atoms with Crippen LogP contribution in [0.15, 0.2) is 11.6 Å². The molecule has 0 amide bonds. The molecule has 0 bridgehead atoms. The Morgan fingerprint density at radius 2 is 2.47 bits per heavy atom. The Bertz CT molecular complexity index is 236. The molecule has 1 aliphatic rings. The van der Waals surface area contributed by atoms with E-state index in [2.05, 4.69) is 6.92 Å². The van der Waals surface area contributed by atoms with Crippen molar-refractivity contribution in [1.29, 1.82) is 0 Å². The van der Waals surface area contributed by atoms with Crippen LogP contribution in [0.3, 0.4) is 0 Å². The van der Waals surface area contributed by atoms with E-state index in [4.69, 9.17) is 9.47 Å². The van der Waals surface area contributed by atoms with Crippen molar-refractivity contribution in [3.05, 3.63) is 11.6 Å². The summed E-state index contributed by atoms with van der Waals surface area (Å²) in [4.78, 5) is 11.3. The largest absolute Gasteiger partial charge is 0.463 e. The standard InChI is InChI=1S/C11H18O3S/c1-3-13-10(12)8-9-6-5-7-14-11(9)15-4-2/h8,11H,3-7H2,1-2H3/b9-8+. The number of hydrogen-bond donors (Lipinski definition) is 0. The predicted molar refractivity (Wildman–Crippen MR) is 61.8 cm³/mol. The number of thioether (sulfide) groups is 1. The molecule has 1 aliphatic heterocycles. The number of hydrogen-bond acceptors (Lipinski definition) is 4. The van der Waals surface area contributed by atoms with Crippen molar-refractivity contribution in [2.24, 2.45) is 0 Å². The van der Waals surface area contributed by atoms with Crippen LogP contribution in [0.25, 0.3) is 0 Å². The number of carbonyl (C=O) groups excluding carboxylic acids is 1. The maximum atomic E-state index is 11.3. The fourth-order valence-electron chi connectivity index (χ4n) is 1.47. The highest BCUT2D eigenvalue weighted by atomic mass is 32.2. The van der Waals surface area contributed by atoms with Crippen LogP contribution in [0, 0.1) is 0 Å². The van der Waals surface area contributed by atoms with Crippen molar-refractivity contribution >= 4 is 17.7 Å². The molecule has 0 N–H and O–H groups in total. The van der Waals surface area contributed by atoms with Gasteiger partial charge in [0.05, 0.1) is 6.61 Å². The second-order valence-electron chi connectivity index (χ2n) is 3.23. The van der Waals surface area contributed by atoms with E-state index >= 15 is 0 Å². The SMILES string of the molecule is CCOC(=O)/C=C1\CCCOC1SCC. The second-order valence-corrected chi connectivity index (χ2v) is 4.57. The molecular formula is C11H18O3S. The third-order valence-electron chi connectivity index (χ3n) is 2.09. The van der Waals surface area contributed by atoms with Crippen LogP contribution < -0.4 is 0 Å². The van der Waals surface area contributed by atoms with Gasteiger partial charge in [0, 0.05) is 12.7 Å². The van der Waals surface area contributed by atoms with Gasteiger partial charge in [-0.05, 0) is 31.1 Å². The summed E-state index contributed by atoms with van der Waals surface area (Å²) in [6, 6.07) is 0. The summed E-state index contributed by atoms with van der Waals surface area (Å²) < 4.78 is 10.5. The third kappa shape index (κ3) is 4.26. The maximum Gasteiger partial charge on any atom is 0.330 e. The van der Waals surface area contributed by atoms with Gasteiger partial charge in [-0.25, -0.2) is 4.79 Å². The van der Waals surface area contributed by atoms with Crippen molar-refractivity contribution in [3.8, 4) is 0 Å². The van der Waals surface area contributed by atoms with Gasteiger partial charge in [-0.15, -0.1) is 11.8 Å². The van der Waals surface area contributed by atoms with Gasteiger partial charge in [-0.2, -0.15) is 0 Å². The minimum atomic E-state index is -0.250. The van der Waals surface area contributed by atoms with Gasteiger partial charge in [0.15, 0.2) is 0 Å². The molecule has 3 nitrogen and oxygen atoms in total. The zero-order valence-electron chi connectivity index (χ0n) is 9.32. The molecule has 1 rings (SSSR count). The summed E-state index contributed by atoms with van der Waals surface area (Å²) in [5, 5.41) is 0. The van der Waals surface area contributed by atoms with Crippen molar-refractivity contribution < 1.29 is 14.3 Å². The molecule has 0 aromatic carbocycles. The third-order valence-corrected chi connectivity index (χ3v) is 3.16. The molecule has 0 aromatic rings. The van der Waals surface area contributed by atoms with Crippen molar-refractivity contribution in [1.82, 2.24) is 0 Å². The van der Waals surface area contributed by atoms with Gasteiger partial charge in [-0.1, -0.05) is 6.92 Å². The van der Waals surface area contributed by atoms with Gasteiger partial charge >= 0.3 is 5.97 Å². The lowest BCUT2D eigenvalue weighted by molar-refractivity contribution is -0.137. The van der Waals surface area contributed by atoms with Crippen LogP contribution in [-0.4, -0.2) is 30.4 Å². The lowest BCUT2D eigenvalue weighted by Gasteiger charge is -2.24. The van der Waals surface area contributed by atoms with E-state index in [9.17, 15) is 4.79 Å². The van der Waals surface area contributed by atoms with Gasteiger partial charge in [-0.3, -0.25) is 0 Å². The van der Waals surface area contributed by atoms with E-state index in [-0.39, 0.29) is 11.4 Å². The van der Waals surface area contributed by atoms with Crippen LogP contribution in [0.4, 0.5) is 0 Å². The van der Waals surface area contributed by atoms with Crippen molar-refractivity contribution in [3.63, 3.8) is 0 Å². The van der Waals surface area contributed by atoms with Gasteiger partial charge < -0.3 is 9.47 Å². The molecule has 4 heteroatoms. The van der Waals surface area contributed by atoms with E-state index in [1.807, 2.05) is 6.92 Å². The van der Waals surface area contributed by atoms with Crippen LogP contribution in [0.2, 0.25) is 0 Å². The molecule has 86 valence electrons. The number of ether oxygens (including phenoxy) is 2. The van der Waals surface area contributed by atoms with Crippen LogP contribution in [-0.2, 0) is 14.3 Å². The van der Waals surface area contributed by atoms with Crippen molar-refractivity contribution in [2.45, 2.75) is 32.1 Å². The first kappa shape index (κ1) is 12.6. The molecule has 1 saturated heterocycles. The summed E-state index contributed by atoms with van der Waals surface area (Å²) in [6.07, 6.45) is 3.53. The zero-order chi connectivity index (χ0) is 11.1. The highest BCUT2D eigenvalue weighted by Gasteiger charge is 2.20. The Balaban J connectivity index is 2.58. The molecule has 0 aliphatic carbocycles. The Labute approximate surface area is 95.2 Å². The Morgan fingerprint density at radius 1 is 1.67 bits per heavy atom. The first-order valence-corrected chi connectivity index (χ1v) is 6.43. The molecule has 1 unspecified atom stereocenters. The summed E-state index contributed by atoms with van der Waals surface area (Å²) in [5.74, 6) is 0.741. The Hall–Kier alpha value is -0.480. The molecule has 1 heterocycles. The van der Waals surface area contributed by atoms with E-state index in [1.54, 1.807) is 17.8 Å². The highest BCUT2D eigenvalue weighted by molar-refractivity contribution is 7.99. The summed E-state index contributed by atoms with van der Waals surface area (Å²) >= 11 is 1.72. The fraction of sp³-hybridized carbons (Fsp3) is 0.727. The molecule has 0 radical (unpaired) electrons. The van der Waals surface area contributed by atoms with E-state index in [1.165, 1.54) is 0 Å². The maximum absolute atomic E-state index is 11.3. The van der Waals surface area contributed by atoms with Crippen LogP contribution >= 0.6 is 11.8 Å². The minimum absolute atomic E-state index is 0.0492. The molecule has 15 heavy (non-hydrogen) atoms. The molecule has 0 saturated carbocycles. The topological polar surface area (TPSA) is 35.5 Å². The summed E-state index contributed by atoms with van der Waals surface area (Å²) in [5.41, 5.74) is 1.11. The first-order valence-electron chi connectivity index (χ1n) is 5.38. The molecule has 0 aromatic heterocycles.